The Labute approximate surface area is 143 Å². The van der Waals surface area contributed by atoms with Crippen LogP contribution in [0.25, 0.3) is 6.08 Å². The van der Waals surface area contributed by atoms with Crippen molar-refractivity contribution in [3.8, 4) is 5.75 Å². The summed E-state index contributed by atoms with van der Waals surface area (Å²) in [6, 6.07) is 0.0957. The molecule has 0 bridgehead atoms. The molecule has 0 fully saturated rings. The minimum absolute atomic E-state index is 0.0957. The Balaban J connectivity index is 3.41. The summed E-state index contributed by atoms with van der Waals surface area (Å²) in [7, 11) is 3.00. The van der Waals surface area contributed by atoms with Gasteiger partial charge in [-0.05, 0) is 40.7 Å². The second kappa shape index (κ2) is 8.15. The second-order valence-electron chi connectivity index (χ2n) is 6.69. The quantitative estimate of drug-likeness (QED) is 0.590. The van der Waals surface area contributed by atoms with Crippen LogP contribution in [0.2, 0.25) is 0 Å². The van der Waals surface area contributed by atoms with Gasteiger partial charge in [0.15, 0.2) is 5.75 Å². The zero-order valence-corrected chi connectivity index (χ0v) is 15.5. The lowest BCUT2D eigenvalue weighted by Crippen LogP contribution is -2.23. The van der Waals surface area contributed by atoms with Crippen LogP contribution in [0.5, 0.6) is 5.75 Å². The molecule has 0 saturated carbocycles. The molecule has 24 heavy (non-hydrogen) atoms. The van der Waals surface area contributed by atoms with Crippen molar-refractivity contribution in [2.24, 2.45) is 0 Å². The maximum atomic E-state index is 12.6. The molecule has 1 aromatic heterocycles. The second-order valence-corrected chi connectivity index (χ2v) is 6.69. The Morgan fingerprint density at radius 2 is 1.92 bits per heavy atom. The SMILES string of the molecule is COCc1c(/C=C/C(=O)OC(C)(C)C)c(=O)c(OC)cn1C(C)C. The van der Waals surface area contributed by atoms with Crippen molar-refractivity contribution in [3.63, 3.8) is 0 Å². The lowest BCUT2D eigenvalue weighted by Gasteiger charge is -2.20. The first-order valence-electron chi connectivity index (χ1n) is 7.82. The van der Waals surface area contributed by atoms with Crippen LogP contribution in [0.1, 0.15) is 51.9 Å². The predicted molar refractivity (Wildman–Crippen MR) is 93.2 cm³/mol. The molecule has 1 rings (SSSR count). The van der Waals surface area contributed by atoms with E-state index in [1.807, 2.05) is 18.4 Å². The van der Waals surface area contributed by atoms with Crippen molar-refractivity contribution < 1.29 is 19.0 Å². The van der Waals surface area contributed by atoms with Gasteiger partial charge in [0, 0.05) is 24.8 Å². The maximum Gasteiger partial charge on any atom is 0.331 e. The Morgan fingerprint density at radius 3 is 2.38 bits per heavy atom. The number of esters is 1. The van der Waals surface area contributed by atoms with E-state index in [1.54, 1.807) is 34.1 Å². The van der Waals surface area contributed by atoms with Gasteiger partial charge >= 0.3 is 5.97 Å². The zero-order valence-electron chi connectivity index (χ0n) is 15.5. The Morgan fingerprint density at radius 1 is 1.29 bits per heavy atom. The summed E-state index contributed by atoms with van der Waals surface area (Å²) in [5.74, 6) is -0.295. The van der Waals surface area contributed by atoms with Gasteiger partial charge in [-0.1, -0.05) is 0 Å². The van der Waals surface area contributed by atoms with Gasteiger partial charge in [0.1, 0.15) is 5.60 Å². The zero-order chi connectivity index (χ0) is 18.5. The number of rotatable bonds is 6. The smallest absolute Gasteiger partial charge is 0.331 e. The molecule has 0 spiro atoms. The summed E-state index contributed by atoms with van der Waals surface area (Å²) in [6.07, 6.45) is 4.38. The molecular formula is C18H27NO5. The molecule has 0 amide bonds. The van der Waals surface area contributed by atoms with E-state index in [1.165, 1.54) is 19.3 Å². The van der Waals surface area contributed by atoms with Crippen LogP contribution in [0.15, 0.2) is 17.1 Å². The largest absolute Gasteiger partial charge is 0.491 e. The molecule has 134 valence electrons. The van der Waals surface area contributed by atoms with E-state index >= 15 is 0 Å². The number of hydrogen-bond donors (Lipinski definition) is 0. The minimum Gasteiger partial charge on any atom is -0.491 e. The van der Waals surface area contributed by atoms with Gasteiger partial charge < -0.3 is 18.8 Å². The maximum absolute atomic E-state index is 12.6. The Bertz CT molecular complexity index is 665. The summed E-state index contributed by atoms with van der Waals surface area (Å²) < 4.78 is 17.5. The first-order chi connectivity index (χ1) is 11.1. The summed E-state index contributed by atoms with van der Waals surface area (Å²) >= 11 is 0. The van der Waals surface area contributed by atoms with Crippen LogP contribution in [0, 0.1) is 0 Å². The number of hydrogen-bond acceptors (Lipinski definition) is 5. The molecule has 0 aromatic carbocycles. The van der Waals surface area contributed by atoms with Gasteiger partial charge in [-0.2, -0.15) is 0 Å². The Kier molecular flexibility index (Phi) is 6.78. The number of aromatic nitrogens is 1. The van der Waals surface area contributed by atoms with Crippen molar-refractivity contribution >= 4 is 12.0 Å². The highest BCUT2D eigenvalue weighted by atomic mass is 16.6. The van der Waals surface area contributed by atoms with Gasteiger partial charge in [-0.3, -0.25) is 4.79 Å². The lowest BCUT2D eigenvalue weighted by atomic mass is 10.1. The van der Waals surface area contributed by atoms with E-state index in [0.717, 1.165) is 0 Å². The van der Waals surface area contributed by atoms with Crippen molar-refractivity contribution in [3.05, 3.63) is 33.8 Å². The minimum atomic E-state index is -0.594. The highest BCUT2D eigenvalue weighted by Crippen LogP contribution is 2.19. The third-order valence-corrected chi connectivity index (χ3v) is 3.20. The molecule has 0 aliphatic rings. The van der Waals surface area contributed by atoms with Crippen molar-refractivity contribution in [1.29, 1.82) is 0 Å². The van der Waals surface area contributed by atoms with Crippen LogP contribution >= 0.6 is 0 Å². The van der Waals surface area contributed by atoms with Crippen molar-refractivity contribution in [2.75, 3.05) is 14.2 Å². The third kappa shape index (κ3) is 5.23. The number of nitrogens with zero attached hydrogens (tertiary/aromatic N) is 1. The van der Waals surface area contributed by atoms with E-state index in [-0.39, 0.29) is 23.8 Å². The molecule has 6 nitrogen and oxygen atoms in total. The van der Waals surface area contributed by atoms with Crippen LogP contribution in [-0.4, -0.2) is 30.4 Å². The Hall–Kier alpha value is -2.08. The molecule has 0 atom stereocenters. The molecule has 0 aliphatic heterocycles. The third-order valence-electron chi connectivity index (χ3n) is 3.20. The first kappa shape index (κ1) is 20.0. The average Bonchev–Trinajstić information content (AvgIpc) is 2.45. The number of pyridine rings is 1. The van der Waals surface area contributed by atoms with Gasteiger partial charge in [-0.15, -0.1) is 0 Å². The number of carbonyl (C=O) groups is 1. The summed E-state index contributed by atoms with van der Waals surface area (Å²) in [5.41, 5.74) is 0.152. The van der Waals surface area contributed by atoms with Crippen LogP contribution in [0.3, 0.4) is 0 Å². The van der Waals surface area contributed by atoms with Crippen LogP contribution in [-0.2, 0) is 20.9 Å². The van der Waals surface area contributed by atoms with E-state index in [9.17, 15) is 9.59 Å². The molecule has 0 saturated heterocycles. The summed E-state index contributed by atoms with van der Waals surface area (Å²) in [5, 5.41) is 0. The highest BCUT2D eigenvalue weighted by molar-refractivity contribution is 5.87. The first-order valence-corrected chi connectivity index (χ1v) is 7.82. The van der Waals surface area contributed by atoms with Gasteiger partial charge in [-0.25, -0.2) is 4.79 Å². The van der Waals surface area contributed by atoms with Crippen molar-refractivity contribution in [1.82, 2.24) is 4.57 Å². The molecule has 0 unspecified atom stereocenters. The average molecular weight is 337 g/mol. The molecule has 0 N–H and O–H groups in total. The number of ether oxygens (including phenoxy) is 3. The monoisotopic (exact) mass is 337 g/mol. The van der Waals surface area contributed by atoms with E-state index in [2.05, 4.69) is 0 Å². The number of carbonyl (C=O) groups excluding carboxylic acids is 1. The van der Waals surface area contributed by atoms with Gasteiger partial charge in [0.2, 0.25) is 5.43 Å². The number of methoxy groups -OCH3 is 2. The highest BCUT2D eigenvalue weighted by Gasteiger charge is 2.18. The van der Waals surface area contributed by atoms with E-state index in [0.29, 0.717) is 11.3 Å². The molecule has 1 heterocycles. The standard InChI is InChI=1S/C18H27NO5/c1-12(2)19-10-15(23-7)17(21)13(14(19)11-22-6)8-9-16(20)24-18(3,4)5/h8-10,12H,11H2,1-7H3/b9-8+. The fourth-order valence-electron chi connectivity index (χ4n) is 2.22. The lowest BCUT2D eigenvalue weighted by molar-refractivity contribution is -0.148. The van der Waals surface area contributed by atoms with Gasteiger partial charge in [0.05, 0.1) is 25.6 Å². The summed E-state index contributed by atoms with van der Waals surface area (Å²) in [4.78, 5) is 24.5. The van der Waals surface area contributed by atoms with E-state index < -0.39 is 11.6 Å². The fourth-order valence-corrected chi connectivity index (χ4v) is 2.22. The molecule has 0 radical (unpaired) electrons. The fraction of sp³-hybridized carbons (Fsp3) is 0.556. The molecule has 1 aromatic rings. The molecular weight excluding hydrogens is 310 g/mol. The normalized spacial score (nSPS) is 12.0. The van der Waals surface area contributed by atoms with Crippen molar-refractivity contribution in [2.45, 2.75) is 52.9 Å². The predicted octanol–water partition coefficient (Wildman–Crippen LogP) is 2.94. The topological polar surface area (TPSA) is 66.8 Å². The van der Waals surface area contributed by atoms with Crippen LogP contribution < -0.4 is 10.2 Å². The van der Waals surface area contributed by atoms with Crippen LogP contribution in [0.4, 0.5) is 0 Å². The van der Waals surface area contributed by atoms with E-state index in [4.69, 9.17) is 14.2 Å². The molecule has 6 heteroatoms. The molecule has 0 aliphatic carbocycles. The summed E-state index contributed by atoms with van der Waals surface area (Å²) in [6.45, 7) is 9.57. The van der Waals surface area contributed by atoms with Gasteiger partial charge in [0.25, 0.3) is 0 Å².